The number of nitrogens with zero attached hydrogens (tertiary/aromatic N) is 1. The first-order valence-corrected chi connectivity index (χ1v) is 8.40. The van der Waals surface area contributed by atoms with Crippen molar-refractivity contribution in [2.75, 3.05) is 6.54 Å². The number of aryl methyl sites for hydroxylation is 1. The number of hydrogen-bond acceptors (Lipinski definition) is 5. The Morgan fingerprint density at radius 2 is 2.00 bits per heavy atom. The van der Waals surface area contributed by atoms with Crippen molar-refractivity contribution in [1.82, 2.24) is 10.3 Å². The van der Waals surface area contributed by atoms with E-state index in [0.29, 0.717) is 6.54 Å². The zero-order chi connectivity index (χ0) is 16.8. The van der Waals surface area contributed by atoms with Crippen LogP contribution in [0.5, 0.6) is 0 Å². The Hall–Kier alpha value is -2.21. The first-order chi connectivity index (χ1) is 11.0. The van der Waals surface area contributed by atoms with E-state index < -0.39 is 12.1 Å². The van der Waals surface area contributed by atoms with Crippen LogP contribution in [0, 0.1) is 6.92 Å². The first kappa shape index (κ1) is 17.1. The highest BCUT2D eigenvalue weighted by Crippen LogP contribution is 2.24. The largest absolute Gasteiger partial charge is 0.448 e. The van der Waals surface area contributed by atoms with Crippen LogP contribution in [0.25, 0.3) is 10.6 Å². The summed E-state index contributed by atoms with van der Waals surface area (Å²) in [6.07, 6.45) is -0.00290. The molecule has 1 amide bonds. The number of nitrogens with one attached hydrogen (secondary N) is 1. The third-order valence-corrected chi connectivity index (χ3v) is 4.11. The molecule has 1 heterocycles. The van der Waals surface area contributed by atoms with E-state index in [1.807, 2.05) is 38.1 Å². The molecule has 6 heteroatoms. The molecule has 0 aliphatic heterocycles. The number of thiazole rings is 1. The summed E-state index contributed by atoms with van der Waals surface area (Å²) in [6, 6.07) is 7.91. The number of amides is 1. The van der Waals surface area contributed by atoms with Gasteiger partial charge in [0.2, 0.25) is 0 Å². The minimum atomic E-state index is -0.835. The molecule has 23 heavy (non-hydrogen) atoms. The summed E-state index contributed by atoms with van der Waals surface area (Å²) in [5, 5.41) is 5.09. The van der Waals surface area contributed by atoms with Crippen molar-refractivity contribution in [3.8, 4) is 10.6 Å². The van der Waals surface area contributed by atoms with Gasteiger partial charge < -0.3 is 10.1 Å². The Balaban J connectivity index is 2.01. The Morgan fingerprint density at radius 3 is 2.65 bits per heavy atom. The standard InChI is InChI=1S/C17H20N2O3S/c1-4-9-18-15(20)12(3)22-17(21)14-10-23-16(19-14)13-7-5-11(2)6-8-13/h5-8,10,12H,4,9H2,1-3H3,(H,18,20). The van der Waals surface area contributed by atoms with Gasteiger partial charge in [-0.15, -0.1) is 11.3 Å². The van der Waals surface area contributed by atoms with E-state index in [0.717, 1.165) is 22.6 Å². The molecule has 2 rings (SSSR count). The molecule has 0 fully saturated rings. The van der Waals surface area contributed by atoms with Crippen LogP contribution >= 0.6 is 11.3 Å². The van der Waals surface area contributed by atoms with E-state index in [2.05, 4.69) is 10.3 Å². The van der Waals surface area contributed by atoms with E-state index in [1.54, 1.807) is 12.3 Å². The number of esters is 1. The third kappa shape index (κ3) is 4.63. The summed E-state index contributed by atoms with van der Waals surface area (Å²) in [6.45, 7) is 6.09. The molecule has 0 bridgehead atoms. The average Bonchev–Trinajstić information content (AvgIpc) is 3.03. The molecule has 0 aliphatic carbocycles. The zero-order valence-electron chi connectivity index (χ0n) is 13.5. The van der Waals surface area contributed by atoms with Crippen LogP contribution in [-0.2, 0) is 9.53 Å². The molecule has 1 atom stereocenters. The van der Waals surface area contributed by atoms with Gasteiger partial charge in [-0.1, -0.05) is 36.8 Å². The molecular weight excluding hydrogens is 312 g/mol. The van der Waals surface area contributed by atoms with Crippen molar-refractivity contribution in [3.63, 3.8) is 0 Å². The molecule has 0 saturated carbocycles. The van der Waals surface area contributed by atoms with E-state index >= 15 is 0 Å². The second kappa shape index (κ2) is 7.87. The van der Waals surface area contributed by atoms with Crippen LogP contribution in [0.2, 0.25) is 0 Å². The summed E-state index contributed by atoms with van der Waals surface area (Å²) in [5.41, 5.74) is 2.34. The molecule has 2 aromatic rings. The molecule has 122 valence electrons. The van der Waals surface area contributed by atoms with Gasteiger partial charge in [0.15, 0.2) is 11.8 Å². The Labute approximate surface area is 139 Å². The number of benzene rings is 1. The fourth-order valence-electron chi connectivity index (χ4n) is 1.86. The highest BCUT2D eigenvalue weighted by Gasteiger charge is 2.20. The van der Waals surface area contributed by atoms with Crippen molar-refractivity contribution in [2.45, 2.75) is 33.3 Å². The van der Waals surface area contributed by atoms with Crippen LogP contribution in [0.1, 0.15) is 36.3 Å². The lowest BCUT2D eigenvalue weighted by Crippen LogP contribution is -2.36. The zero-order valence-corrected chi connectivity index (χ0v) is 14.3. The summed E-state index contributed by atoms with van der Waals surface area (Å²) >= 11 is 1.37. The lowest BCUT2D eigenvalue weighted by atomic mass is 10.2. The summed E-state index contributed by atoms with van der Waals surface area (Å²) in [4.78, 5) is 28.1. The van der Waals surface area contributed by atoms with Gasteiger partial charge in [0.25, 0.3) is 5.91 Å². The summed E-state index contributed by atoms with van der Waals surface area (Å²) < 4.78 is 5.16. The Kier molecular flexibility index (Phi) is 5.87. The lowest BCUT2D eigenvalue weighted by molar-refractivity contribution is -0.129. The summed E-state index contributed by atoms with van der Waals surface area (Å²) in [5.74, 6) is -0.882. The van der Waals surface area contributed by atoms with Gasteiger partial charge in [-0.25, -0.2) is 9.78 Å². The van der Waals surface area contributed by atoms with Gasteiger partial charge in [0.05, 0.1) is 0 Å². The molecule has 0 aliphatic rings. The number of carbonyl (C=O) groups excluding carboxylic acids is 2. The van der Waals surface area contributed by atoms with Gasteiger partial charge in [-0.2, -0.15) is 0 Å². The van der Waals surface area contributed by atoms with Crippen molar-refractivity contribution in [2.24, 2.45) is 0 Å². The molecule has 0 saturated heterocycles. The number of hydrogen-bond donors (Lipinski definition) is 1. The molecule has 1 N–H and O–H groups in total. The quantitative estimate of drug-likeness (QED) is 0.825. The van der Waals surface area contributed by atoms with Crippen molar-refractivity contribution in [1.29, 1.82) is 0 Å². The molecule has 1 aromatic heterocycles. The predicted octanol–water partition coefficient (Wildman–Crippen LogP) is 3.19. The van der Waals surface area contributed by atoms with Gasteiger partial charge in [-0.3, -0.25) is 4.79 Å². The molecular formula is C17H20N2O3S. The lowest BCUT2D eigenvalue weighted by Gasteiger charge is -2.12. The van der Waals surface area contributed by atoms with E-state index in [1.165, 1.54) is 11.3 Å². The number of carbonyl (C=O) groups is 2. The number of ether oxygens (including phenoxy) is 1. The molecule has 0 spiro atoms. The van der Waals surface area contributed by atoms with Crippen LogP contribution < -0.4 is 5.32 Å². The maximum absolute atomic E-state index is 12.1. The normalized spacial score (nSPS) is 11.8. The molecule has 1 aromatic carbocycles. The van der Waals surface area contributed by atoms with E-state index in [4.69, 9.17) is 4.74 Å². The van der Waals surface area contributed by atoms with Crippen LogP contribution in [0.4, 0.5) is 0 Å². The first-order valence-electron chi connectivity index (χ1n) is 7.52. The minimum Gasteiger partial charge on any atom is -0.448 e. The molecule has 1 unspecified atom stereocenters. The Bertz CT molecular complexity index is 679. The fourth-order valence-corrected chi connectivity index (χ4v) is 2.66. The van der Waals surface area contributed by atoms with Crippen molar-refractivity contribution >= 4 is 23.2 Å². The number of rotatable bonds is 6. The van der Waals surface area contributed by atoms with E-state index in [-0.39, 0.29) is 11.6 Å². The monoisotopic (exact) mass is 332 g/mol. The van der Waals surface area contributed by atoms with Gasteiger partial charge in [0, 0.05) is 17.5 Å². The summed E-state index contributed by atoms with van der Waals surface area (Å²) in [7, 11) is 0. The van der Waals surface area contributed by atoms with Gasteiger partial charge in [-0.05, 0) is 20.3 Å². The van der Waals surface area contributed by atoms with Gasteiger partial charge >= 0.3 is 5.97 Å². The maximum atomic E-state index is 12.1. The van der Waals surface area contributed by atoms with Gasteiger partial charge in [0.1, 0.15) is 5.01 Å². The smallest absolute Gasteiger partial charge is 0.358 e. The second-order valence-electron chi connectivity index (χ2n) is 5.24. The predicted molar refractivity (Wildman–Crippen MR) is 90.5 cm³/mol. The van der Waals surface area contributed by atoms with Crippen LogP contribution in [0.3, 0.4) is 0 Å². The second-order valence-corrected chi connectivity index (χ2v) is 6.10. The topological polar surface area (TPSA) is 68.3 Å². The van der Waals surface area contributed by atoms with Crippen LogP contribution in [0.15, 0.2) is 29.6 Å². The fraction of sp³-hybridized carbons (Fsp3) is 0.353. The number of aromatic nitrogens is 1. The SMILES string of the molecule is CCCNC(=O)C(C)OC(=O)c1csc(-c2ccc(C)cc2)n1. The minimum absolute atomic E-state index is 0.223. The highest BCUT2D eigenvalue weighted by molar-refractivity contribution is 7.13. The van der Waals surface area contributed by atoms with Crippen molar-refractivity contribution < 1.29 is 14.3 Å². The highest BCUT2D eigenvalue weighted by atomic mass is 32.1. The van der Waals surface area contributed by atoms with Crippen LogP contribution in [-0.4, -0.2) is 29.5 Å². The molecule has 5 nitrogen and oxygen atoms in total. The van der Waals surface area contributed by atoms with Crippen molar-refractivity contribution in [3.05, 3.63) is 40.9 Å². The Morgan fingerprint density at radius 1 is 1.30 bits per heavy atom. The maximum Gasteiger partial charge on any atom is 0.358 e. The average molecular weight is 332 g/mol. The molecule has 0 radical (unpaired) electrons. The van der Waals surface area contributed by atoms with E-state index in [9.17, 15) is 9.59 Å². The third-order valence-electron chi connectivity index (χ3n) is 3.21.